The highest BCUT2D eigenvalue weighted by Gasteiger charge is 2.28. The van der Waals surface area contributed by atoms with Crippen molar-refractivity contribution in [3.8, 4) is 0 Å². The quantitative estimate of drug-likeness (QED) is 0.562. The molecule has 1 aliphatic carbocycles. The lowest BCUT2D eigenvalue weighted by Crippen LogP contribution is -2.22. The molecule has 2 aliphatic rings. The van der Waals surface area contributed by atoms with Crippen LogP contribution < -0.4 is 10.6 Å². The number of H-pyrrole nitrogens is 1. The molecule has 150 valence electrons. The molecule has 2 aromatic heterocycles. The van der Waals surface area contributed by atoms with Gasteiger partial charge in [-0.15, -0.1) is 0 Å². The largest absolute Gasteiger partial charge is 0.381 e. The molecule has 8 nitrogen and oxygen atoms in total. The molecule has 3 heterocycles. The second kappa shape index (κ2) is 7.75. The maximum Gasteiger partial charge on any atom is 0.233 e. The number of nitrogens with zero attached hydrogens (tertiary/aromatic N) is 4. The van der Waals surface area contributed by atoms with E-state index in [1.54, 1.807) is 12.1 Å². The second-order valence-electron chi connectivity index (χ2n) is 7.54. The smallest absolute Gasteiger partial charge is 0.233 e. The number of aromatic amines is 1. The van der Waals surface area contributed by atoms with Crippen molar-refractivity contribution in [3.05, 3.63) is 53.7 Å². The number of anilines is 3. The minimum Gasteiger partial charge on any atom is -0.381 e. The normalized spacial score (nSPS) is 19.8. The van der Waals surface area contributed by atoms with Crippen LogP contribution in [-0.4, -0.2) is 38.4 Å². The van der Waals surface area contributed by atoms with E-state index in [0.29, 0.717) is 30.2 Å². The molecule has 0 spiro atoms. The maximum atomic E-state index is 13.4. The zero-order chi connectivity index (χ0) is 19.6. The van der Waals surface area contributed by atoms with Gasteiger partial charge in [0.1, 0.15) is 12.1 Å². The Bertz CT molecular complexity index is 967. The lowest BCUT2D eigenvalue weighted by molar-refractivity contribution is 0.182. The van der Waals surface area contributed by atoms with Crippen LogP contribution in [0.15, 0.2) is 36.7 Å². The number of hydrogen-bond donors (Lipinski definition) is 3. The Labute approximate surface area is 167 Å². The van der Waals surface area contributed by atoms with Crippen LogP contribution in [0.3, 0.4) is 0 Å². The van der Waals surface area contributed by atoms with Crippen LogP contribution in [0.25, 0.3) is 0 Å². The van der Waals surface area contributed by atoms with Crippen LogP contribution in [0.4, 0.5) is 22.1 Å². The van der Waals surface area contributed by atoms with Gasteiger partial charge in [-0.1, -0.05) is 12.1 Å². The van der Waals surface area contributed by atoms with E-state index in [-0.39, 0.29) is 17.8 Å². The first-order chi connectivity index (χ1) is 14.2. The molecular formula is C20H22FN7O. The molecule has 2 atom stereocenters. The molecule has 1 aromatic carbocycles. The molecule has 29 heavy (non-hydrogen) atoms. The van der Waals surface area contributed by atoms with Crippen molar-refractivity contribution < 1.29 is 9.13 Å². The maximum absolute atomic E-state index is 13.4. The molecular weight excluding hydrogens is 373 g/mol. The third-order valence-corrected chi connectivity index (χ3v) is 5.38. The highest BCUT2D eigenvalue weighted by atomic mass is 19.1. The first kappa shape index (κ1) is 18.0. The molecule has 0 radical (unpaired) electrons. The summed E-state index contributed by atoms with van der Waals surface area (Å²) in [6.07, 6.45) is 4.79. The predicted molar refractivity (Wildman–Crippen MR) is 105 cm³/mol. The third kappa shape index (κ3) is 4.19. The molecule has 2 unspecified atom stereocenters. The highest BCUT2D eigenvalue weighted by Crippen LogP contribution is 2.39. The first-order valence-electron chi connectivity index (χ1n) is 9.86. The van der Waals surface area contributed by atoms with Crippen molar-refractivity contribution in [2.45, 2.75) is 31.2 Å². The van der Waals surface area contributed by atoms with Crippen LogP contribution in [0.1, 0.15) is 42.5 Å². The Morgan fingerprint density at radius 2 is 1.93 bits per heavy atom. The van der Waals surface area contributed by atoms with E-state index in [0.717, 1.165) is 24.3 Å². The molecule has 3 aromatic rings. The van der Waals surface area contributed by atoms with Crippen LogP contribution in [0.5, 0.6) is 0 Å². The summed E-state index contributed by atoms with van der Waals surface area (Å²) < 4.78 is 18.9. The van der Waals surface area contributed by atoms with Crippen LogP contribution in [-0.2, 0) is 4.74 Å². The standard InChI is InChI=1S/C20H22FN7O/c21-15-5-3-13(4-6-15)18(14-7-8-29-10-14)25-20-23-11-22-19(26-20)24-17-9-16(27-28-17)12-1-2-12/h3-6,9,11-12,14,18H,1-2,7-8,10H2,(H3,22,23,24,25,26,27,28). The number of benzene rings is 1. The molecule has 1 saturated carbocycles. The van der Waals surface area contributed by atoms with Crippen molar-refractivity contribution in [2.75, 3.05) is 23.8 Å². The van der Waals surface area contributed by atoms with Gasteiger partial charge in [-0.05, 0) is 37.0 Å². The van der Waals surface area contributed by atoms with Gasteiger partial charge in [-0.3, -0.25) is 5.10 Å². The van der Waals surface area contributed by atoms with Gasteiger partial charge in [0.25, 0.3) is 0 Å². The van der Waals surface area contributed by atoms with E-state index in [4.69, 9.17) is 4.74 Å². The Hall–Kier alpha value is -3.07. The Kier molecular flexibility index (Phi) is 4.81. The van der Waals surface area contributed by atoms with Crippen LogP contribution >= 0.6 is 0 Å². The lowest BCUT2D eigenvalue weighted by atomic mass is 9.92. The number of nitrogens with one attached hydrogen (secondary N) is 3. The summed E-state index contributed by atoms with van der Waals surface area (Å²) in [5.74, 6) is 2.13. The van der Waals surface area contributed by atoms with Crippen molar-refractivity contribution in [3.63, 3.8) is 0 Å². The fraction of sp³-hybridized carbons (Fsp3) is 0.400. The summed E-state index contributed by atoms with van der Waals surface area (Å²) in [7, 11) is 0. The fourth-order valence-corrected chi connectivity index (χ4v) is 3.64. The topological polar surface area (TPSA) is 101 Å². The molecule has 0 bridgehead atoms. The molecule has 2 fully saturated rings. The number of rotatable bonds is 7. The summed E-state index contributed by atoms with van der Waals surface area (Å²) in [5, 5.41) is 13.8. The molecule has 1 aliphatic heterocycles. The summed E-state index contributed by atoms with van der Waals surface area (Å²) in [4.78, 5) is 12.9. The molecule has 0 amide bonds. The Balaban J connectivity index is 1.34. The number of ether oxygens (including phenoxy) is 1. The van der Waals surface area contributed by atoms with Crippen molar-refractivity contribution in [2.24, 2.45) is 5.92 Å². The first-order valence-corrected chi connectivity index (χ1v) is 9.86. The van der Waals surface area contributed by atoms with Gasteiger partial charge in [0.2, 0.25) is 11.9 Å². The van der Waals surface area contributed by atoms with Gasteiger partial charge >= 0.3 is 0 Å². The Morgan fingerprint density at radius 3 is 2.69 bits per heavy atom. The average Bonchev–Trinajstić information content (AvgIpc) is 3.23. The fourth-order valence-electron chi connectivity index (χ4n) is 3.64. The molecule has 9 heteroatoms. The zero-order valence-electron chi connectivity index (χ0n) is 15.8. The number of hydrogen-bond acceptors (Lipinski definition) is 7. The van der Waals surface area contributed by atoms with Gasteiger partial charge in [0, 0.05) is 30.2 Å². The van der Waals surface area contributed by atoms with Crippen LogP contribution in [0.2, 0.25) is 0 Å². The van der Waals surface area contributed by atoms with Gasteiger partial charge in [0.05, 0.1) is 12.6 Å². The molecule has 3 N–H and O–H groups in total. The molecule has 1 saturated heterocycles. The zero-order valence-corrected chi connectivity index (χ0v) is 15.8. The Morgan fingerprint density at radius 1 is 1.10 bits per heavy atom. The van der Waals surface area contributed by atoms with E-state index in [2.05, 4.69) is 35.8 Å². The monoisotopic (exact) mass is 395 g/mol. The van der Waals surface area contributed by atoms with Gasteiger partial charge in [0.15, 0.2) is 5.82 Å². The van der Waals surface area contributed by atoms with Crippen LogP contribution in [0, 0.1) is 11.7 Å². The predicted octanol–water partition coefficient (Wildman–Crippen LogP) is 3.54. The third-order valence-electron chi connectivity index (χ3n) is 5.38. The van der Waals surface area contributed by atoms with Crippen molar-refractivity contribution in [1.29, 1.82) is 0 Å². The van der Waals surface area contributed by atoms with Crippen molar-refractivity contribution in [1.82, 2.24) is 25.1 Å². The van der Waals surface area contributed by atoms with Gasteiger partial charge < -0.3 is 15.4 Å². The summed E-state index contributed by atoms with van der Waals surface area (Å²) in [6, 6.07) is 8.42. The van der Waals surface area contributed by atoms with Crippen molar-refractivity contribution >= 4 is 17.7 Å². The highest BCUT2D eigenvalue weighted by molar-refractivity contribution is 5.50. The van der Waals surface area contributed by atoms with Gasteiger partial charge in [-0.2, -0.15) is 10.1 Å². The van der Waals surface area contributed by atoms with E-state index in [1.165, 1.54) is 31.3 Å². The van der Waals surface area contributed by atoms with E-state index in [9.17, 15) is 4.39 Å². The number of aromatic nitrogens is 5. The van der Waals surface area contributed by atoms with Gasteiger partial charge in [-0.25, -0.2) is 14.4 Å². The van der Waals surface area contributed by atoms with E-state index in [1.807, 2.05) is 6.07 Å². The minimum atomic E-state index is -0.258. The molecule has 5 rings (SSSR count). The second-order valence-corrected chi connectivity index (χ2v) is 7.54. The average molecular weight is 395 g/mol. The SMILES string of the molecule is Fc1ccc(C(Nc2ncnc(Nc3cc(C4CC4)[nH]n3)n2)C2CCOC2)cc1. The lowest BCUT2D eigenvalue weighted by Gasteiger charge is -2.24. The summed E-state index contributed by atoms with van der Waals surface area (Å²) in [6.45, 7) is 1.36. The van der Waals surface area contributed by atoms with E-state index < -0.39 is 0 Å². The summed E-state index contributed by atoms with van der Waals surface area (Å²) >= 11 is 0. The summed E-state index contributed by atoms with van der Waals surface area (Å²) in [5.41, 5.74) is 2.11. The minimum absolute atomic E-state index is 0.0831. The van der Waals surface area contributed by atoms with E-state index >= 15 is 0 Å². The number of halogens is 1.